The Morgan fingerprint density at radius 1 is 1.20 bits per heavy atom. The smallest absolute Gasteiger partial charge is 0.201 e. The van der Waals surface area contributed by atoms with Gasteiger partial charge < -0.3 is 10.5 Å². The highest BCUT2D eigenvalue weighted by Gasteiger charge is 2.15. The second-order valence-corrected chi connectivity index (χ2v) is 5.60. The molecule has 0 atom stereocenters. The summed E-state index contributed by atoms with van der Waals surface area (Å²) < 4.78 is 32.7. The molecule has 20 heavy (non-hydrogen) atoms. The van der Waals surface area contributed by atoms with Gasteiger partial charge in [-0.1, -0.05) is 39.7 Å². The van der Waals surface area contributed by atoms with Crippen molar-refractivity contribution in [2.75, 3.05) is 0 Å². The van der Waals surface area contributed by atoms with E-state index in [0.717, 1.165) is 6.07 Å². The third-order valence-corrected chi connectivity index (χ3v) is 3.30. The van der Waals surface area contributed by atoms with Crippen molar-refractivity contribution in [1.29, 1.82) is 0 Å². The molecule has 2 aromatic rings. The van der Waals surface area contributed by atoms with Crippen molar-refractivity contribution < 1.29 is 13.5 Å². The van der Waals surface area contributed by atoms with E-state index in [1.54, 1.807) is 12.1 Å². The molecule has 0 radical (unpaired) electrons. The van der Waals surface area contributed by atoms with E-state index in [0.29, 0.717) is 15.1 Å². The van der Waals surface area contributed by atoms with E-state index in [4.69, 9.17) is 34.3 Å². The third-order valence-electron chi connectivity index (χ3n) is 2.39. The number of hydrogen-bond acceptors (Lipinski definition) is 2. The van der Waals surface area contributed by atoms with Crippen molar-refractivity contribution in [2.24, 2.45) is 5.73 Å². The minimum absolute atomic E-state index is 0.0625. The van der Waals surface area contributed by atoms with Gasteiger partial charge in [-0.15, -0.1) is 0 Å². The van der Waals surface area contributed by atoms with E-state index in [9.17, 15) is 8.78 Å². The van der Waals surface area contributed by atoms with Crippen molar-refractivity contribution in [2.45, 2.75) is 0 Å². The first-order valence-electron chi connectivity index (χ1n) is 5.30. The van der Waals surface area contributed by atoms with E-state index >= 15 is 0 Å². The van der Waals surface area contributed by atoms with Gasteiger partial charge in [-0.25, -0.2) is 4.39 Å². The normalized spacial score (nSPS) is 10.4. The van der Waals surface area contributed by atoms with Crippen molar-refractivity contribution >= 4 is 44.7 Å². The van der Waals surface area contributed by atoms with Gasteiger partial charge in [0.05, 0.1) is 5.56 Å². The lowest BCUT2D eigenvalue weighted by molar-refractivity contribution is 0.415. The fourth-order valence-corrected chi connectivity index (χ4v) is 2.25. The summed E-state index contributed by atoms with van der Waals surface area (Å²) in [7, 11) is 0. The van der Waals surface area contributed by atoms with E-state index in [2.05, 4.69) is 15.9 Å². The molecule has 2 N–H and O–H groups in total. The molecule has 0 aliphatic heterocycles. The molecule has 0 unspecified atom stereocenters. The topological polar surface area (TPSA) is 35.2 Å². The summed E-state index contributed by atoms with van der Waals surface area (Å²) in [4.78, 5) is 0.0625. The quantitative estimate of drug-likeness (QED) is 0.615. The molecule has 0 saturated carbocycles. The molecule has 2 aromatic carbocycles. The van der Waals surface area contributed by atoms with Crippen molar-refractivity contribution in [3.63, 3.8) is 0 Å². The van der Waals surface area contributed by atoms with Crippen LogP contribution < -0.4 is 10.5 Å². The first kappa shape index (κ1) is 15.2. The van der Waals surface area contributed by atoms with E-state index in [1.165, 1.54) is 12.1 Å². The van der Waals surface area contributed by atoms with Crippen molar-refractivity contribution in [1.82, 2.24) is 0 Å². The summed E-state index contributed by atoms with van der Waals surface area (Å²) in [6, 6.07) is 6.83. The first-order chi connectivity index (χ1) is 9.38. The van der Waals surface area contributed by atoms with Crippen LogP contribution in [0.25, 0.3) is 0 Å². The molecule has 0 aromatic heterocycles. The fourth-order valence-electron chi connectivity index (χ4n) is 1.51. The Balaban J connectivity index is 2.50. The number of benzene rings is 2. The molecule has 0 heterocycles. The second kappa shape index (κ2) is 6.03. The Hall–Kier alpha value is -1.24. The average molecular weight is 379 g/mol. The van der Waals surface area contributed by atoms with Crippen molar-refractivity contribution in [3.05, 3.63) is 57.0 Å². The molecule has 0 saturated heterocycles. The number of nitrogens with two attached hydrogens (primary N) is 1. The highest BCUT2D eigenvalue weighted by atomic mass is 79.9. The van der Waals surface area contributed by atoms with Gasteiger partial charge in [0.15, 0.2) is 11.6 Å². The van der Waals surface area contributed by atoms with Crippen LogP contribution in [0.15, 0.2) is 34.8 Å². The van der Waals surface area contributed by atoms with Crippen LogP contribution in [0.2, 0.25) is 5.02 Å². The molecule has 0 fully saturated rings. The van der Waals surface area contributed by atoms with Gasteiger partial charge in [0.2, 0.25) is 5.82 Å². The summed E-state index contributed by atoms with van der Waals surface area (Å²) in [5.41, 5.74) is 5.93. The van der Waals surface area contributed by atoms with E-state index < -0.39 is 11.6 Å². The molecule has 0 bridgehead atoms. The molecule has 0 amide bonds. The number of ether oxygens (including phenoxy) is 1. The third kappa shape index (κ3) is 3.26. The molecule has 7 heteroatoms. The molecule has 0 aliphatic carbocycles. The average Bonchev–Trinajstić information content (AvgIpc) is 2.35. The molecule has 0 spiro atoms. The number of halogens is 4. The lowest BCUT2D eigenvalue weighted by Crippen LogP contribution is -2.10. The SMILES string of the molecule is NC(=S)c1ccc(Cl)cc1Oc1cc(Br)cc(F)c1F. The maximum absolute atomic E-state index is 13.7. The van der Waals surface area contributed by atoms with Crippen LogP contribution in [0.3, 0.4) is 0 Å². The van der Waals surface area contributed by atoms with Gasteiger partial charge in [0, 0.05) is 15.6 Å². The first-order valence-corrected chi connectivity index (χ1v) is 6.88. The molecule has 2 nitrogen and oxygen atoms in total. The Morgan fingerprint density at radius 2 is 1.90 bits per heavy atom. The van der Waals surface area contributed by atoms with E-state index in [1.807, 2.05) is 0 Å². The van der Waals surface area contributed by atoms with Crippen LogP contribution in [0, 0.1) is 11.6 Å². The largest absolute Gasteiger partial charge is 0.453 e. The van der Waals surface area contributed by atoms with Gasteiger partial charge in [-0.2, -0.15) is 4.39 Å². The maximum atomic E-state index is 13.7. The fraction of sp³-hybridized carbons (Fsp3) is 0. The molecular weight excluding hydrogens is 372 g/mol. The van der Waals surface area contributed by atoms with Gasteiger partial charge in [-0.3, -0.25) is 0 Å². The zero-order valence-corrected chi connectivity index (χ0v) is 13.0. The number of rotatable bonds is 3. The predicted molar refractivity (Wildman–Crippen MR) is 81.5 cm³/mol. The summed E-state index contributed by atoms with van der Waals surface area (Å²) >= 11 is 13.8. The lowest BCUT2D eigenvalue weighted by Gasteiger charge is -2.12. The highest BCUT2D eigenvalue weighted by Crippen LogP contribution is 2.32. The Bertz CT molecular complexity index is 696. The zero-order valence-electron chi connectivity index (χ0n) is 9.79. The van der Waals surface area contributed by atoms with Crippen LogP contribution in [-0.2, 0) is 0 Å². The Kier molecular flexibility index (Phi) is 4.57. The van der Waals surface area contributed by atoms with Gasteiger partial charge >= 0.3 is 0 Å². The summed E-state index contributed by atoms with van der Waals surface area (Å²) in [5.74, 6) is -2.28. The van der Waals surface area contributed by atoms with Crippen LogP contribution in [0.1, 0.15) is 5.56 Å². The summed E-state index contributed by atoms with van der Waals surface area (Å²) in [6.45, 7) is 0. The lowest BCUT2D eigenvalue weighted by atomic mass is 10.2. The standard InChI is InChI=1S/C13H7BrClF2NOS/c14-6-3-9(16)12(17)11(4-6)19-10-5-7(15)1-2-8(10)13(18)20/h1-5H,(H2,18,20). The molecular formula is C13H7BrClF2NOS. The van der Waals surface area contributed by atoms with Gasteiger partial charge in [0.25, 0.3) is 0 Å². The van der Waals surface area contributed by atoms with E-state index in [-0.39, 0.29) is 16.5 Å². The summed E-state index contributed by atoms with van der Waals surface area (Å²) in [5, 5.41) is 0.357. The maximum Gasteiger partial charge on any atom is 0.201 e. The molecule has 0 aliphatic rings. The molecule has 104 valence electrons. The number of thiocarbonyl (C=S) groups is 1. The zero-order chi connectivity index (χ0) is 14.9. The van der Waals surface area contributed by atoms with Crippen LogP contribution in [0.4, 0.5) is 8.78 Å². The van der Waals surface area contributed by atoms with Crippen LogP contribution in [0.5, 0.6) is 11.5 Å². The Morgan fingerprint density at radius 3 is 2.55 bits per heavy atom. The molecule has 2 rings (SSSR count). The second-order valence-electron chi connectivity index (χ2n) is 3.81. The van der Waals surface area contributed by atoms with Crippen LogP contribution >= 0.6 is 39.7 Å². The van der Waals surface area contributed by atoms with Crippen LogP contribution in [-0.4, -0.2) is 4.99 Å². The van der Waals surface area contributed by atoms with Gasteiger partial charge in [0.1, 0.15) is 10.7 Å². The van der Waals surface area contributed by atoms with Gasteiger partial charge in [-0.05, 0) is 24.3 Å². The number of hydrogen-bond donors (Lipinski definition) is 1. The monoisotopic (exact) mass is 377 g/mol. The van der Waals surface area contributed by atoms with Crippen molar-refractivity contribution in [3.8, 4) is 11.5 Å². The highest BCUT2D eigenvalue weighted by molar-refractivity contribution is 9.10. The Labute approximate surface area is 132 Å². The summed E-state index contributed by atoms with van der Waals surface area (Å²) in [6.07, 6.45) is 0. The minimum Gasteiger partial charge on any atom is -0.453 e. The predicted octanol–water partition coefficient (Wildman–Crippen LogP) is 4.81. The minimum atomic E-state index is -1.11.